The lowest BCUT2D eigenvalue weighted by molar-refractivity contribution is 0.526. The average molecular weight is 270 g/mol. The van der Waals surface area contributed by atoms with E-state index in [9.17, 15) is 13.2 Å². The first-order chi connectivity index (χ1) is 9.02. The first-order valence-corrected chi connectivity index (χ1v) is 5.85. The lowest BCUT2D eigenvalue weighted by Gasteiger charge is -2.05. The third kappa shape index (κ3) is 2.76. The van der Waals surface area contributed by atoms with Crippen LogP contribution in [0.4, 0.5) is 13.2 Å². The quantitative estimate of drug-likeness (QED) is 0.928. The molecule has 0 spiro atoms. The van der Waals surface area contributed by atoms with Crippen LogP contribution in [-0.4, -0.2) is 15.0 Å². The van der Waals surface area contributed by atoms with Crippen LogP contribution in [0.5, 0.6) is 0 Å². The maximum atomic E-state index is 13.6. The Balaban J connectivity index is 2.38. The van der Waals surface area contributed by atoms with Crippen molar-refractivity contribution in [2.75, 3.05) is 0 Å². The molecule has 102 valence electrons. The molecule has 1 heterocycles. The van der Waals surface area contributed by atoms with Crippen molar-refractivity contribution in [1.29, 1.82) is 0 Å². The highest BCUT2D eigenvalue weighted by Crippen LogP contribution is 2.20. The molecule has 0 aliphatic carbocycles. The molecule has 2 aromatic rings. The number of rotatable bonds is 4. The third-order valence-electron chi connectivity index (χ3n) is 2.70. The highest BCUT2D eigenvalue weighted by Gasteiger charge is 2.17. The molecule has 7 heteroatoms. The van der Waals surface area contributed by atoms with E-state index in [4.69, 9.17) is 5.73 Å². The zero-order valence-corrected chi connectivity index (χ0v) is 10.3. The number of nitrogens with two attached hydrogens (primary N) is 1. The molecule has 0 saturated carbocycles. The van der Waals surface area contributed by atoms with Crippen LogP contribution < -0.4 is 5.73 Å². The van der Waals surface area contributed by atoms with Crippen LogP contribution in [0, 0.1) is 17.5 Å². The summed E-state index contributed by atoms with van der Waals surface area (Å²) in [5.74, 6) is -3.07. The summed E-state index contributed by atoms with van der Waals surface area (Å²) in [5, 5.41) is 7.40. The second kappa shape index (κ2) is 5.40. The summed E-state index contributed by atoms with van der Waals surface area (Å²) in [7, 11) is 0. The second-order valence-corrected chi connectivity index (χ2v) is 4.20. The van der Waals surface area contributed by atoms with Crippen LogP contribution in [0.2, 0.25) is 0 Å². The standard InChI is InChI=1S/C12H13F3N4/c1-2-3-10(16)11-6-19(18-17-11)12-8(14)4-7(13)5-9(12)15/h4-6,10H,2-3,16H2,1H3. The van der Waals surface area contributed by atoms with Gasteiger partial charge in [-0.2, -0.15) is 0 Å². The van der Waals surface area contributed by atoms with E-state index in [1.807, 2.05) is 6.92 Å². The van der Waals surface area contributed by atoms with E-state index in [0.717, 1.165) is 11.1 Å². The largest absolute Gasteiger partial charge is 0.323 e. The van der Waals surface area contributed by atoms with Crippen molar-refractivity contribution in [3.05, 3.63) is 41.5 Å². The van der Waals surface area contributed by atoms with Crippen molar-refractivity contribution in [1.82, 2.24) is 15.0 Å². The lowest BCUT2D eigenvalue weighted by Crippen LogP contribution is -2.10. The van der Waals surface area contributed by atoms with Gasteiger partial charge in [-0.25, -0.2) is 17.9 Å². The van der Waals surface area contributed by atoms with E-state index < -0.39 is 23.1 Å². The Kier molecular flexibility index (Phi) is 3.84. The van der Waals surface area contributed by atoms with E-state index in [1.165, 1.54) is 6.20 Å². The van der Waals surface area contributed by atoms with Gasteiger partial charge in [0.05, 0.1) is 17.9 Å². The normalized spacial score (nSPS) is 12.7. The number of halogens is 3. The van der Waals surface area contributed by atoms with E-state index in [2.05, 4.69) is 10.3 Å². The minimum Gasteiger partial charge on any atom is -0.323 e. The van der Waals surface area contributed by atoms with Gasteiger partial charge in [-0.3, -0.25) is 0 Å². The molecule has 4 nitrogen and oxygen atoms in total. The first kappa shape index (κ1) is 13.5. The van der Waals surface area contributed by atoms with Crippen molar-refractivity contribution in [2.45, 2.75) is 25.8 Å². The smallest absolute Gasteiger partial charge is 0.154 e. The Bertz CT molecular complexity index is 559. The minimum atomic E-state index is -1.04. The van der Waals surface area contributed by atoms with Gasteiger partial charge in [0.25, 0.3) is 0 Å². The van der Waals surface area contributed by atoms with Crippen LogP contribution in [-0.2, 0) is 0 Å². The molecule has 0 aliphatic rings. The summed E-state index contributed by atoms with van der Waals surface area (Å²) in [6, 6.07) is 0.836. The van der Waals surface area contributed by atoms with Crippen LogP contribution in [0.15, 0.2) is 18.3 Å². The molecule has 1 atom stereocenters. The maximum Gasteiger partial charge on any atom is 0.154 e. The topological polar surface area (TPSA) is 56.7 Å². The predicted octanol–water partition coefficient (Wildman–Crippen LogP) is 2.48. The molecule has 2 N–H and O–H groups in total. The van der Waals surface area contributed by atoms with Crippen LogP contribution in [0.3, 0.4) is 0 Å². The first-order valence-electron chi connectivity index (χ1n) is 5.85. The molecule has 0 saturated heterocycles. The fourth-order valence-electron chi connectivity index (χ4n) is 1.77. The fraction of sp³-hybridized carbons (Fsp3) is 0.333. The van der Waals surface area contributed by atoms with Gasteiger partial charge >= 0.3 is 0 Å². The van der Waals surface area contributed by atoms with Crippen molar-refractivity contribution in [2.24, 2.45) is 5.73 Å². The summed E-state index contributed by atoms with van der Waals surface area (Å²) in [6.07, 6.45) is 2.89. The lowest BCUT2D eigenvalue weighted by atomic mass is 10.1. The van der Waals surface area contributed by atoms with Gasteiger partial charge in [0.2, 0.25) is 0 Å². The van der Waals surface area contributed by atoms with Crippen molar-refractivity contribution < 1.29 is 13.2 Å². The Hall–Kier alpha value is -1.89. The monoisotopic (exact) mass is 270 g/mol. The van der Waals surface area contributed by atoms with E-state index >= 15 is 0 Å². The molecule has 0 fully saturated rings. The second-order valence-electron chi connectivity index (χ2n) is 4.20. The van der Waals surface area contributed by atoms with E-state index in [1.54, 1.807) is 0 Å². The Morgan fingerprint density at radius 2 is 1.89 bits per heavy atom. The SMILES string of the molecule is CCCC(N)c1cn(-c2c(F)cc(F)cc2F)nn1. The number of aromatic nitrogens is 3. The van der Waals surface area contributed by atoms with Crippen LogP contribution in [0.25, 0.3) is 5.69 Å². The van der Waals surface area contributed by atoms with Crippen molar-refractivity contribution >= 4 is 0 Å². The summed E-state index contributed by atoms with van der Waals surface area (Å²) in [6.45, 7) is 1.96. The molecular weight excluding hydrogens is 257 g/mol. The van der Waals surface area contributed by atoms with Gasteiger partial charge in [-0.05, 0) is 6.42 Å². The molecule has 0 aliphatic heterocycles. The number of benzene rings is 1. The van der Waals surface area contributed by atoms with Crippen molar-refractivity contribution in [3.8, 4) is 5.69 Å². The van der Waals surface area contributed by atoms with Gasteiger partial charge < -0.3 is 5.73 Å². The van der Waals surface area contributed by atoms with E-state index in [-0.39, 0.29) is 6.04 Å². The van der Waals surface area contributed by atoms with Crippen LogP contribution in [0.1, 0.15) is 31.5 Å². The maximum absolute atomic E-state index is 13.6. The zero-order valence-electron chi connectivity index (χ0n) is 10.3. The fourth-order valence-corrected chi connectivity index (χ4v) is 1.77. The van der Waals surface area contributed by atoms with Crippen LogP contribution >= 0.6 is 0 Å². The van der Waals surface area contributed by atoms with Crippen molar-refractivity contribution in [3.63, 3.8) is 0 Å². The summed E-state index contributed by atoms with van der Waals surface area (Å²) in [5.41, 5.74) is 5.80. The van der Waals surface area contributed by atoms with Gasteiger partial charge in [0.15, 0.2) is 11.6 Å². The Morgan fingerprint density at radius 1 is 1.26 bits per heavy atom. The van der Waals surface area contributed by atoms with Gasteiger partial charge in [0, 0.05) is 12.1 Å². The molecular formula is C12H13F3N4. The molecule has 1 unspecified atom stereocenters. The molecule has 19 heavy (non-hydrogen) atoms. The Labute approximate surface area is 108 Å². The van der Waals surface area contributed by atoms with Gasteiger partial charge in [-0.1, -0.05) is 18.6 Å². The summed E-state index contributed by atoms with van der Waals surface area (Å²) < 4.78 is 40.8. The molecule has 0 radical (unpaired) electrons. The molecule has 0 amide bonds. The highest BCUT2D eigenvalue weighted by atomic mass is 19.1. The summed E-state index contributed by atoms with van der Waals surface area (Å²) >= 11 is 0. The summed E-state index contributed by atoms with van der Waals surface area (Å²) in [4.78, 5) is 0. The van der Waals surface area contributed by atoms with Gasteiger partial charge in [-0.15, -0.1) is 5.10 Å². The van der Waals surface area contributed by atoms with Gasteiger partial charge in [0.1, 0.15) is 11.5 Å². The zero-order chi connectivity index (χ0) is 14.0. The highest BCUT2D eigenvalue weighted by molar-refractivity contribution is 5.34. The molecule has 0 bridgehead atoms. The predicted molar refractivity (Wildman–Crippen MR) is 63.1 cm³/mol. The number of hydrogen-bond acceptors (Lipinski definition) is 3. The minimum absolute atomic E-state index is 0.342. The number of nitrogens with zero attached hydrogens (tertiary/aromatic N) is 3. The molecule has 1 aromatic carbocycles. The Morgan fingerprint density at radius 3 is 2.47 bits per heavy atom. The third-order valence-corrected chi connectivity index (χ3v) is 2.70. The number of hydrogen-bond donors (Lipinski definition) is 1. The molecule has 1 aromatic heterocycles. The average Bonchev–Trinajstić information content (AvgIpc) is 2.77. The van der Waals surface area contributed by atoms with E-state index in [0.29, 0.717) is 24.2 Å². The molecule has 2 rings (SSSR count).